The number of hydrogen-bond donors (Lipinski definition) is 3. The molecule has 0 radical (unpaired) electrons. The first-order valence-corrected chi connectivity index (χ1v) is 8.95. The van der Waals surface area contributed by atoms with E-state index in [2.05, 4.69) is 16.2 Å². The summed E-state index contributed by atoms with van der Waals surface area (Å²) in [6.45, 7) is 0.122. The maximum absolute atomic E-state index is 12.3. The minimum Gasteiger partial charge on any atom is -0.491 e. The van der Waals surface area contributed by atoms with Crippen LogP contribution >= 0.6 is 23.8 Å². The number of amides is 2. The second-order valence-corrected chi connectivity index (χ2v) is 6.52. The molecule has 1 heterocycles. The molecule has 1 aliphatic heterocycles. The van der Waals surface area contributed by atoms with Crippen LogP contribution in [0.15, 0.2) is 48.5 Å². The minimum absolute atomic E-state index is 0.157. The Morgan fingerprint density at radius 1 is 1.15 bits per heavy atom. The van der Waals surface area contributed by atoms with Gasteiger partial charge in [-0.25, -0.2) is 0 Å². The third-order valence-corrected chi connectivity index (χ3v) is 4.21. The van der Waals surface area contributed by atoms with Crippen LogP contribution in [-0.2, 0) is 9.59 Å². The van der Waals surface area contributed by atoms with E-state index in [1.165, 1.54) is 4.90 Å². The Morgan fingerprint density at radius 2 is 1.89 bits per heavy atom. The van der Waals surface area contributed by atoms with Crippen molar-refractivity contribution in [3.05, 3.63) is 53.6 Å². The molecule has 2 amide bonds. The Labute approximate surface area is 166 Å². The Hall–Kier alpha value is -2.84. The van der Waals surface area contributed by atoms with Gasteiger partial charge in [0.25, 0.3) is 5.91 Å². The summed E-state index contributed by atoms with van der Waals surface area (Å²) in [4.78, 5) is 26.0. The number of rotatable bonds is 3. The standard InChI is InChI=1S/C18H17ClN4O3S/c19-12-5-7-13(8-6-12)20-18(27)22-21-16(24)11-23-14-3-1-2-4-15(14)26-10-9-17(23)25/h1-8H,9-11H2,(H,21,24)(H2,20,22,27). The quantitative estimate of drug-likeness (QED) is 0.538. The zero-order valence-corrected chi connectivity index (χ0v) is 15.8. The highest BCUT2D eigenvalue weighted by Crippen LogP contribution is 2.30. The molecule has 7 nitrogen and oxygen atoms in total. The summed E-state index contributed by atoms with van der Waals surface area (Å²) < 4.78 is 5.55. The highest BCUT2D eigenvalue weighted by Gasteiger charge is 2.24. The van der Waals surface area contributed by atoms with E-state index in [0.29, 0.717) is 16.5 Å². The number of hydrogen-bond acceptors (Lipinski definition) is 4. The Bertz CT molecular complexity index is 860. The normalized spacial score (nSPS) is 13.1. The lowest BCUT2D eigenvalue weighted by molar-refractivity contribution is -0.124. The van der Waals surface area contributed by atoms with Gasteiger partial charge in [0.15, 0.2) is 5.11 Å². The van der Waals surface area contributed by atoms with Crippen molar-refractivity contribution in [2.45, 2.75) is 6.42 Å². The van der Waals surface area contributed by atoms with Gasteiger partial charge in [-0.1, -0.05) is 23.7 Å². The molecule has 0 unspecified atom stereocenters. The summed E-state index contributed by atoms with van der Waals surface area (Å²) in [5, 5.41) is 3.72. The summed E-state index contributed by atoms with van der Waals surface area (Å²) >= 11 is 11.0. The number of carbonyl (C=O) groups is 2. The van der Waals surface area contributed by atoms with Crippen molar-refractivity contribution in [2.24, 2.45) is 0 Å². The van der Waals surface area contributed by atoms with E-state index in [9.17, 15) is 9.59 Å². The van der Waals surface area contributed by atoms with Crippen LogP contribution in [0.25, 0.3) is 0 Å². The lowest BCUT2D eigenvalue weighted by Gasteiger charge is -2.21. The summed E-state index contributed by atoms with van der Waals surface area (Å²) in [6.07, 6.45) is 0.200. The van der Waals surface area contributed by atoms with Crippen molar-refractivity contribution in [1.82, 2.24) is 10.9 Å². The fourth-order valence-corrected chi connectivity index (χ4v) is 2.79. The minimum atomic E-state index is -0.416. The van der Waals surface area contributed by atoms with Crippen LogP contribution in [-0.4, -0.2) is 30.1 Å². The monoisotopic (exact) mass is 404 g/mol. The third-order valence-electron chi connectivity index (χ3n) is 3.75. The van der Waals surface area contributed by atoms with Crippen LogP contribution in [0, 0.1) is 0 Å². The molecule has 140 valence electrons. The van der Waals surface area contributed by atoms with Crippen LogP contribution in [0.3, 0.4) is 0 Å². The Morgan fingerprint density at radius 3 is 2.67 bits per heavy atom. The molecule has 0 saturated carbocycles. The first-order chi connectivity index (χ1) is 13.0. The van der Waals surface area contributed by atoms with Gasteiger partial charge in [-0.15, -0.1) is 0 Å². The van der Waals surface area contributed by atoms with Crippen molar-refractivity contribution in [3.63, 3.8) is 0 Å². The summed E-state index contributed by atoms with van der Waals surface area (Å²) in [5.74, 6) is -0.0266. The average Bonchev–Trinajstić information content (AvgIpc) is 2.81. The van der Waals surface area contributed by atoms with Crippen molar-refractivity contribution in [1.29, 1.82) is 0 Å². The van der Waals surface area contributed by atoms with E-state index in [1.54, 1.807) is 42.5 Å². The van der Waals surface area contributed by atoms with Gasteiger partial charge in [-0.2, -0.15) is 0 Å². The average molecular weight is 405 g/mol. The molecule has 0 bridgehead atoms. The fraction of sp³-hybridized carbons (Fsp3) is 0.167. The molecular formula is C18H17ClN4O3S. The van der Waals surface area contributed by atoms with Crippen LogP contribution < -0.4 is 25.8 Å². The number of thiocarbonyl (C=S) groups is 1. The van der Waals surface area contributed by atoms with Crippen LogP contribution in [0.4, 0.5) is 11.4 Å². The van der Waals surface area contributed by atoms with E-state index in [4.69, 9.17) is 28.6 Å². The van der Waals surface area contributed by atoms with Gasteiger partial charge in [-0.3, -0.25) is 25.3 Å². The number of ether oxygens (including phenoxy) is 1. The van der Waals surface area contributed by atoms with Gasteiger partial charge < -0.3 is 10.1 Å². The number of anilines is 2. The number of nitrogens with one attached hydrogen (secondary N) is 3. The number of fused-ring (bicyclic) bond motifs is 1. The molecule has 0 aliphatic carbocycles. The van der Waals surface area contributed by atoms with Crippen molar-refractivity contribution in [2.75, 3.05) is 23.4 Å². The Kier molecular flexibility index (Phi) is 6.10. The van der Waals surface area contributed by atoms with Crippen LogP contribution in [0.5, 0.6) is 5.75 Å². The highest BCUT2D eigenvalue weighted by atomic mass is 35.5. The zero-order chi connectivity index (χ0) is 19.2. The molecule has 2 aromatic rings. The van der Waals surface area contributed by atoms with E-state index in [0.717, 1.165) is 5.69 Å². The van der Waals surface area contributed by atoms with Crippen molar-refractivity contribution in [3.8, 4) is 5.75 Å². The first kappa shape index (κ1) is 18.9. The first-order valence-electron chi connectivity index (χ1n) is 8.16. The van der Waals surface area contributed by atoms with E-state index >= 15 is 0 Å². The van der Waals surface area contributed by atoms with E-state index < -0.39 is 5.91 Å². The second-order valence-electron chi connectivity index (χ2n) is 5.68. The van der Waals surface area contributed by atoms with Gasteiger partial charge in [-0.05, 0) is 48.6 Å². The molecule has 0 atom stereocenters. The summed E-state index contributed by atoms with van der Waals surface area (Å²) in [6, 6.07) is 14.1. The maximum atomic E-state index is 12.3. The molecule has 1 aliphatic rings. The number of carbonyl (C=O) groups excluding carboxylic acids is 2. The lowest BCUT2D eigenvalue weighted by atomic mass is 10.2. The Balaban J connectivity index is 1.56. The molecule has 9 heteroatoms. The van der Waals surface area contributed by atoms with Crippen LogP contribution in [0.1, 0.15) is 6.42 Å². The lowest BCUT2D eigenvalue weighted by Crippen LogP contribution is -2.48. The number of nitrogens with zero attached hydrogens (tertiary/aromatic N) is 1. The molecule has 2 aromatic carbocycles. The van der Waals surface area contributed by atoms with Gasteiger partial charge in [0.1, 0.15) is 12.3 Å². The smallest absolute Gasteiger partial charge is 0.258 e. The van der Waals surface area contributed by atoms with Gasteiger partial charge >= 0.3 is 0 Å². The molecule has 0 saturated heterocycles. The molecule has 0 aromatic heterocycles. The number of hydrazine groups is 1. The van der Waals surface area contributed by atoms with Gasteiger partial charge in [0.05, 0.1) is 18.7 Å². The van der Waals surface area contributed by atoms with Crippen LogP contribution in [0.2, 0.25) is 5.02 Å². The molecule has 3 rings (SSSR count). The predicted molar refractivity (Wildman–Crippen MR) is 108 cm³/mol. The summed E-state index contributed by atoms with van der Waals surface area (Å²) in [7, 11) is 0. The molecular weight excluding hydrogens is 388 g/mol. The van der Waals surface area contributed by atoms with Gasteiger partial charge in [0, 0.05) is 10.7 Å². The van der Waals surface area contributed by atoms with E-state index in [1.807, 2.05) is 6.07 Å². The van der Waals surface area contributed by atoms with Crippen molar-refractivity contribution >= 4 is 52.1 Å². The number of halogens is 1. The fourth-order valence-electron chi connectivity index (χ4n) is 2.50. The maximum Gasteiger partial charge on any atom is 0.258 e. The van der Waals surface area contributed by atoms with Gasteiger partial charge in [0.2, 0.25) is 5.91 Å². The highest BCUT2D eigenvalue weighted by molar-refractivity contribution is 7.80. The SMILES string of the molecule is O=C(CN1C(=O)CCOc2ccccc21)NNC(=S)Nc1ccc(Cl)cc1. The molecule has 3 N–H and O–H groups in total. The van der Waals surface area contributed by atoms with Crippen molar-refractivity contribution < 1.29 is 14.3 Å². The molecule has 0 spiro atoms. The molecule has 27 heavy (non-hydrogen) atoms. The second kappa shape index (κ2) is 8.70. The topological polar surface area (TPSA) is 82.7 Å². The third kappa shape index (κ3) is 5.08. The van der Waals surface area contributed by atoms with E-state index in [-0.39, 0.29) is 30.6 Å². The largest absolute Gasteiger partial charge is 0.491 e. The molecule has 0 fully saturated rings. The number of benzene rings is 2. The number of para-hydroxylation sites is 2. The predicted octanol–water partition coefficient (Wildman–Crippen LogP) is 2.47. The summed E-state index contributed by atoms with van der Waals surface area (Å²) in [5.41, 5.74) is 6.38. The zero-order valence-electron chi connectivity index (χ0n) is 14.2.